The smallest absolute Gasteiger partial charge is 0.246 e. The summed E-state index contributed by atoms with van der Waals surface area (Å²) in [5.74, 6) is -0.739. The number of amides is 1. The molecule has 0 bridgehead atoms. The molecule has 0 fully saturated rings. The molecule has 3 aromatic rings. The van der Waals surface area contributed by atoms with Crippen molar-refractivity contribution in [2.75, 3.05) is 13.2 Å². The highest BCUT2D eigenvalue weighted by Gasteiger charge is 2.28. The summed E-state index contributed by atoms with van der Waals surface area (Å²) < 4.78 is 28.9. The van der Waals surface area contributed by atoms with Gasteiger partial charge in [0.25, 0.3) is 0 Å². The number of rotatable bonds is 4. The first-order valence-electron chi connectivity index (χ1n) is 9.05. The minimum absolute atomic E-state index is 0.269. The number of nitrogens with zero attached hydrogens (tertiary/aromatic N) is 4. The quantitative estimate of drug-likeness (QED) is 0.599. The number of allylic oxidation sites excluding steroid dienone is 1. The average molecular weight is 415 g/mol. The normalized spacial score (nSPS) is 13.7. The van der Waals surface area contributed by atoms with Gasteiger partial charge in [-0.3, -0.25) is 14.5 Å². The molecular weight excluding hydrogens is 398 g/mol. The van der Waals surface area contributed by atoms with Gasteiger partial charge in [-0.25, -0.2) is 8.78 Å². The zero-order chi connectivity index (χ0) is 20.4. The Morgan fingerprint density at radius 2 is 2.00 bits per heavy atom. The molecule has 0 radical (unpaired) electrons. The fourth-order valence-corrected chi connectivity index (χ4v) is 3.61. The van der Waals surface area contributed by atoms with E-state index in [1.807, 2.05) is 12.1 Å². The van der Waals surface area contributed by atoms with E-state index in [2.05, 4.69) is 10.1 Å². The number of aromatic nitrogens is 3. The molecule has 8 heteroatoms. The molecule has 0 spiro atoms. The maximum absolute atomic E-state index is 14.7. The van der Waals surface area contributed by atoms with Gasteiger partial charge in [-0.2, -0.15) is 5.10 Å². The molecule has 0 saturated carbocycles. The van der Waals surface area contributed by atoms with Crippen LogP contribution in [0.5, 0.6) is 0 Å². The van der Waals surface area contributed by atoms with E-state index in [0.717, 1.165) is 16.8 Å². The van der Waals surface area contributed by atoms with Crippen molar-refractivity contribution in [2.45, 2.75) is 13.1 Å². The van der Waals surface area contributed by atoms with Gasteiger partial charge < -0.3 is 4.90 Å². The number of pyridine rings is 1. The van der Waals surface area contributed by atoms with E-state index in [9.17, 15) is 13.6 Å². The van der Waals surface area contributed by atoms with Crippen LogP contribution in [0.25, 0.3) is 22.4 Å². The lowest BCUT2D eigenvalue weighted by Crippen LogP contribution is -2.37. The summed E-state index contributed by atoms with van der Waals surface area (Å²) in [5.41, 5.74) is 3.15. The van der Waals surface area contributed by atoms with Crippen molar-refractivity contribution in [2.24, 2.45) is 0 Å². The number of benzene rings is 1. The lowest BCUT2D eigenvalue weighted by atomic mass is 9.98. The Hall–Kier alpha value is -3.06. The third kappa shape index (κ3) is 3.78. The average Bonchev–Trinajstić information content (AvgIpc) is 3.10. The predicted molar refractivity (Wildman–Crippen MR) is 106 cm³/mol. The summed E-state index contributed by atoms with van der Waals surface area (Å²) in [7, 11) is 0. The Morgan fingerprint density at radius 1 is 1.21 bits per heavy atom. The molecule has 1 aliphatic rings. The number of carbonyl (C=O) groups excluding carboxylic acids is 1. The van der Waals surface area contributed by atoms with E-state index in [1.165, 1.54) is 18.2 Å². The number of hydrogen-bond acceptors (Lipinski definition) is 3. The summed E-state index contributed by atoms with van der Waals surface area (Å²) in [6.45, 7) is 0.482. The number of hydrogen-bond donors (Lipinski definition) is 0. The molecule has 0 aliphatic carbocycles. The third-order valence-corrected chi connectivity index (χ3v) is 5.03. The highest BCUT2D eigenvalue weighted by molar-refractivity contribution is 6.30. The highest BCUT2D eigenvalue weighted by Crippen LogP contribution is 2.37. The Morgan fingerprint density at radius 3 is 2.72 bits per heavy atom. The second-order valence-electron chi connectivity index (χ2n) is 6.57. The Kier molecular flexibility index (Phi) is 5.40. The Bertz CT molecular complexity index is 1080. The van der Waals surface area contributed by atoms with Crippen molar-refractivity contribution >= 4 is 17.5 Å². The van der Waals surface area contributed by atoms with Crippen LogP contribution in [0.4, 0.5) is 8.78 Å². The summed E-state index contributed by atoms with van der Waals surface area (Å²) in [6, 6.07) is 8.11. The van der Waals surface area contributed by atoms with Crippen LogP contribution < -0.4 is 0 Å². The van der Waals surface area contributed by atoms with E-state index in [4.69, 9.17) is 11.6 Å². The summed E-state index contributed by atoms with van der Waals surface area (Å²) in [6.07, 6.45) is 5.72. The van der Waals surface area contributed by atoms with Crippen molar-refractivity contribution in [3.8, 4) is 22.4 Å². The van der Waals surface area contributed by atoms with Crippen LogP contribution in [0.3, 0.4) is 0 Å². The second-order valence-corrected chi connectivity index (χ2v) is 7.01. The van der Waals surface area contributed by atoms with E-state index >= 15 is 0 Å². The van der Waals surface area contributed by atoms with Gasteiger partial charge in [-0.15, -0.1) is 0 Å². The fraction of sp³-hybridized carbons (Fsp3) is 0.190. The first-order chi connectivity index (χ1) is 14.1. The van der Waals surface area contributed by atoms with Gasteiger partial charge in [0.2, 0.25) is 5.91 Å². The zero-order valence-electron chi connectivity index (χ0n) is 15.4. The van der Waals surface area contributed by atoms with E-state index < -0.39 is 12.5 Å². The summed E-state index contributed by atoms with van der Waals surface area (Å²) in [4.78, 5) is 18.0. The van der Waals surface area contributed by atoms with Crippen LogP contribution in [0, 0.1) is 5.82 Å². The Balaban J connectivity index is 1.84. The molecule has 5 nitrogen and oxygen atoms in total. The lowest BCUT2D eigenvalue weighted by molar-refractivity contribution is -0.127. The van der Waals surface area contributed by atoms with Crippen LogP contribution in [-0.4, -0.2) is 38.8 Å². The van der Waals surface area contributed by atoms with Gasteiger partial charge in [0.1, 0.15) is 18.2 Å². The molecule has 1 aliphatic heterocycles. The molecule has 1 amide bonds. The second kappa shape index (κ2) is 8.13. The Labute approximate surface area is 171 Å². The van der Waals surface area contributed by atoms with E-state index in [0.29, 0.717) is 29.4 Å². The lowest BCUT2D eigenvalue weighted by Gasteiger charge is -2.27. The monoisotopic (exact) mass is 414 g/mol. The molecule has 0 N–H and O–H groups in total. The van der Waals surface area contributed by atoms with Crippen molar-refractivity contribution in [3.05, 3.63) is 71.4 Å². The molecule has 29 heavy (non-hydrogen) atoms. The topological polar surface area (TPSA) is 51.0 Å². The van der Waals surface area contributed by atoms with Crippen LogP contribution in [0.2, 0.25) is 5.02 Å². The summed E-state index contributed by atoms with van der Waals surface area (Å²) >= 11 is 5.91. The molecule has 2 aromatic heterocycles. The van der Waals surface area contributed by atoms with Crippen molar-refractivity contribution in [3.63, 3.8) is 0 Å². The van der Waals surface area contributed by atoms with Gasteiger partial charge in [0.05, 0.1) is 18.8 Å². The minimum atomic E-state index is -0.695. The summed E-state index contributed by atoms with van der Waals surface area (Å²) in [5, 5.41) is 4.94. The van der Waals surface area contributed by atoms with E-state index in [-0.39, 0.29) is 12.5 Å². The fourth-order valence-electron chi connectivity index (χ4n) is 3.45. The van der Waals surface area contributed by atoms with Crippen LogP contribution in [0.15, 0.2) is 54.9 Å². The van der Waals surface area contributed by atoms with Gasteiger partial charge in [-0.05, 0) is 42.0 Å². The molecule has 148 valence electrons. The molecule has 1 aromatic carbocycles. The van der Waals surface area contributed by atoms with Crippen molar-refractivity contribution in [1.82, 2.24) is 19.7 Å². The van der Waals surface area contributed by atoms with Crippen molar-refractivity contribution in [1.29, 1.82) is 0 Å². The number of halogens is 3. The minimum Gasteiger partial charge on any atom is -0.331 e. The maximum atomic E-state index is 14.7. The van der Waals surface area contributed by atoms with Gasteiger partial charge >= 0.3 is 0 Å². The van der Waals surface area contributed by atoms with Gasteiger partial charge in [0, 0.05) is 41.2 Å². The SMILES string of the molecule is O=C(/C=C/CF)N1CCn2nc(-c3ccc(Cl)cc3F)c(-c3ccncc3)c2C1. The van der Waals surface area contributed by atoms with E-state index in [1.54, 1.807) is 34.1 Å². The van der Waals surface area contributed by atoms with Crippen molar-refractivity contribution < 1.29 is 13.6 Å². The molecular formula is C21H17ClF2N4O. The maximum Gasteiger partial charge on any atom is 0.246 e. The van der Waals surface area contributed by atoms with Gasteiger partial charge in [0.15, 0.2) is 0 Å². The predicted octanol–water partition coefficient (Wildman–Crippen LogP) is 4.27. The zero-order valence-corrected chi connectivity index (χ0v) is 16.1. The highest BCUT2D eigenvalue weighted by atomic mass is 35.5. The first kappa shape index (κ1) is 19.3. The third-order valence-electron chi connectivity index (χ3n) is 4.80. The molecule has 3 heterocycles. The molecule has 0 atom stereocenters. The molecule has 0 unspecified atom stereocenters. The molecule has 0 saturated heterocycles. The molecule has 4 rings (SSSR count). The number of carbonyl (C=O) groups is 1. The standard InChI is InChI=1S/C21H17ClF2N4O/c22-15-3-4-16(17(24)12-15)21-20(14-5-8-25-9-6-14)18-13-27(10-11-28(18)26-21)19(29)2-1-7-23/h1-6,8-9,12H,7,10-11,13H2/b2-1+. The van der Waals surface area contributed by atoms with Crippen LogP contribution in [0.1, 0.15) is 5.69 Å². The number of alkyl halides is 1. The number of fused-ring (bicyclic) bond motifs is 1. The van der Waals surface area contributed by atoms with Crippen LogP contribution in [-0.2, 0) is 17.9 Å². The van der Waals surface area contributed by atoms with Crippen LogP contribution >= 0.6 is 11.6 Å². The largest absolute Gasteiger partial charge is 0.331 e. The van der Waals surface area contributed by atoms with Gasteiger partial charge in [-0.1, -0.05) is 11.6 Å². The first-order valence-corrected chi connectivity index (χ1v) is 9.43.